The van der Waals surface area contributed by atoms with E-state index in [1.54, 1.807) is 0 Å². The summed E-state index contributed by atoms with van der Waals surface area (Å²) in [5.41, 5.74) is 8.81. The van der Waals surface area contributed by atoms with Crippen molar-refractivity contribution in [2.24, 2.45) is 14.1 Å². The molecule has 4 heterocycles. The molecule has 4 aromatic carbocycles. The highest BCUT2D eigenvalue weighted by molar-refractivity contribution is 7.22. The minimum Gasteiger partial charge on any atom is -0.342 e. The van der Waals surface area contributed by atoms with E-state index in [9.17, 15) is 0 Å². The molecule has 8 rings (SSSR count). The molecule has 8 aromatic rings. The fourth-order valence-electron chi connectivity index (χ4n) is 6.43. The number of pyridine rings is 1. The fourth-order valence-corrected chi connectivity index (χ4v) is 7.73. The highest BCUT2D eigenvalue weighted by atomic mass is 32.1. The molecule has 4 aromatic heterocycles. The van der Waals surface area contributed by atoms with Gasteiger partial charge < -0.3 is 9.13 Å². The number of hydrogen-bond acceptors (Lipinski definition) is 1. The lowest BCUT2D eigenvalue weighted by Crippen LogP contribution is -2.30. The number of nitrogens with zero attached hydrogens (tertiary/aromatic N) is 3. The van der Waals surface area contributed by atoms with Gasteiger partial charge in [0.1, 0.15) is 11.9 Å². The molecule has 0 atom stereocenters. The normalized spacial score (nSPS) is 12.1. The standard InChI is InChI=1S/C34H26N3S/c1-21-22-11-6-9-18-30(22)38-34(21)33-31-25-14-10-17-29(32(25)36(3)28(31)19-20-35(33)2)37-26-15-7-4-12-23(26)24-13-5-8-16-27(24)37/h4-20H,1-3H3/q+1. The van der Waals surface area contributed by atoms with Gasteiger partial charge in [-0.3, -0.25) is 0 Å². The van der Waals surface area contributed by atoms with Crippen LogP contribution in [-0.4, -0.2) is 9.13 Å². The molecule has 0 aliphatic rings. The van der Waals surface area contributed by atoms with Crippen LogP contribution in [0.1, 0.15) is 5.56 Å². The van der Waals surface area contributed by atoms with Gasteiger partial charge in [0, 0.05) is 34.0 Å². The average molecular weight is 509 g/mol. The summed E-state index contributed by atoms with van der Waals surface area (Å²) in [5, 5.41) is 6.50. The number of para-hydroxylation sites is 3. The van der Waals surface area contributed by atoms with Gasteiger partial charge in [0.25, 0.3) is 0 Å². The van der Waals surface area contributed by atoms with E-state index in [1.165, 1.54) is 75.5 Å². The molecule has 0 N–H and O–H groups in total. The number of aryl methyl sites for hydroxylation is 3. The number of fused-ring (bicyclic) bond motifs is 7. The second-order valence-electron chi connectivity index (χ2n) is 10.2. The van der Waals surface area contributed by atoms with E-state index in [-0.39, 0.29) is 0 Å². The van der Waals surface area contributed by atoms with Gasteiger partial charge in [-0.15, -0.1) is 11.3 Å². The van der Waals surface area contributed by atoms with Crippen LogP contribution in [-0.2, 0) is 14.1 Å². The van der Waals surface area contributed by atoms with Crippen LogP contribution in [0, 0.1) is 6.92 Å². The van der Waals surface area contributed by atoms with E-state index in [2.05, 4.69) is 138 Å². The van der Waals surface area contributed by atoms with E-state index in [0.29, 0.717) is 0 Å². The highest BCUT2D eigenvalue weighted by Gasteiger charge is 2.26. The van der Waals surface area contributed by atoms with Crippen molar-refractivity contribution >= 4 is 65.0 Å². The molecular weight excluding hydrogens is 482 g/mol. The molecule has 0 aliphatic carbocycles. The molecule has 0 saturated heterocycles. The number of rotatable bonds is 2. The number of thiophene rings is 1. The highest BCUT2D eigenvalue weighted by Crippen LogP contribution is 2.43. The van der Waals surface area contributed by atoms with Crippen LogP contribution >= 0.6 is 11.3 Å². The quantitative estimate of drug-likeness (QED) is 0.208. The van der Waals surface area contributed by atoms with E-state index in [4.69, 9.17) is 0 Å². The van der Waals surface area contributed by atoms with Gasteiger partial charge in [-0.2, -0.15) is 4.57 Å². The molecule has 0 fully saturated rings. The Labute approximate surface area is 224 Å². The molecule has 0 aliphatic heterocycles. The summed E-state index contributed by atoms with van der Waals surface area (Å²) in [6, 6.07) is 35.3. The monoisotopic (exact) mass is 508 g/mol. The van der Waals surface area contributed by atoms with Crippen molar-refractivity contribution in [3.05, 3.63) is 109 Å². The first-order chi connectivity index (χ1) is 18.6. The molecule has 3 nitrogen and oxygen atoms in total. The Morgan fingerprint density at radius 3 is 2.00 bits per heavy atom. The number of benzene rings is 4. The van der Waals surface area contributed by atoms with Crippen molar-refractivity contribution in [2.75, 3.05) is 0 Å². The molecular formula is C34H26N3S+. The molecule has 0 amide bonds. The third-order valence-electron chi connectivity index (χ3n) is 8.16. The lowest BCUT2D eigenvalue weighted by molar-refractivity contribution is -0.659. The molecule has 4 heteroatoms. The predicted octanol–water partition coefficient (Wildman–Crippen LogP) is 8.44. The minimum absolute atomic E-state index is 1.21. The SMILES string of the molecule is Cc1c(-c2c3c4cccc(-n5c6ccccc6c6ccccc65)c4n(C)c3cc[n+]2C)sc2ccccc12. The van der Waals surface area contributed by atoms with Gasteiger partial charge in [-0.05, 0) is 42.1 Å². The summed E-state index contributed by atoms with van der Waals surface area (Å²) in [6.45, 7) is 2.27. The maximum atomic E-state index is 2.44. The Bertz CT molecular complexity index is 2170. The molecule has 0 radical (unpaired) electrons. The Balaban J connectivity index is 1.53. The Kier molecular flexibility index (Phi) is 4.44. The lowest BCUT2D eigenvalue weighted by atomic mass is 10.1. The lowest BCUT2D eigenvalue weighted by Gasteiger charge is -2.11. The molecule has 182 valence electrons. The van der Waals surface area contributed by atoms with Crippen LogP contribution in [0.5, 0.6) is 0 Å². The van der Waals surface area contributed by atoms with Crippen molar-refractivity contribution < 1.29 is 4.57 Å². The first-order valence-electron chi connectivity index (χ1n) is 13.0. The summed E-state index contributed by atoms with van der Waals surface area (Å²) < 4.78 is 8.46. The smallest absolute Gasteiger partial charge is 0.232 e. The molecule has 38 heavy (non-hydrogen) atoms. The van der Waals surface area contributed by atoms with E-state index < -0.39 is 0 Å². The van der Waals surface area contributed by atoms with Crippen molar-refractivity contribution in [3.8, 4) is 16.3 Å². The Hall–Kier alpha value is -4.41. The molecule has 0 spiro atoms. The van der Waals surface area contributed by atoms with Crippen molar-refractivity contribution in [3.63, 3.8) is 0 Å². The summed E-state index contributed by atoms with van der Waals surface area (Å²) in [4.78, 5) is 1.34. The van der Waals surface area contributed by atoms with Gasteiger partial charge >= 0.3 is 0 Å². The van der Waals surface area contributed by atoms with E-state index in [1.807, 2.05) is 11.3 Å². The van der Waals surface area contributed by atoms with Crippen molar-refractivity contribution in [1.29, 1.82) is 0 Å². The molecule has 0 saturated carbocycles. The van der Waals surface area contributed by atoms with Crippen LogP contribution < -0.4 is 4.57 Å². The largest absolute Gasteiger partial charge is 0.342 e. The van der Waals surface area contributed by atoms with Crippen LogP contribution in [0.4, 0.5) is 0 Å². The van der Waals surface area contributed by atoms with Crippen LogP contribution in [0.2, 0.25) is 0 Å². The number of hydrogen-bond donors (Lipinski definition) is 0. The minimum atomic E-state index is 1.21. The first-order valence-corrected chi connectivity index (χ1v) is 13.8. The fraction of sp³-hybridized carbons (Fsp3) is 0.0882. The topological polar surface area (TPSA) is 13.7 Å². The van der Waals surface area contributed by atoms with Gasteiger partial charge in [0.05, 0.1) is 33.1 Å². The molecule has 0 bridgehead atoms. The third-order valence-corrected chi connectivity index (χ3v) is 9.44. The van der Waals surface area contributed by atoms with Crippen LogP contribution in [0.25, 0.3) is 70.0 Å². The average Bonchev–Trinajstić information content (AvgIpc) is 3.57. The van der Waals surface area contributed by atoms with Crippen LogP contribution in [0.3, 0.4) is 0 Å². The Morgan fingerprint density at radius 2 is 1.29 bits per heavy atom. The zero-order valence-electron chi connectivity index (χ0n) is 21.6. The summed E-state index contributed by atoms with van der Waals surface area (Å²) in [5.74, 6) is 0. The zero-order chi connectivity index (χ0) is 25.5. The maximum Gasteiger partial charge on any atom is 0.232 e. The van der Waals surface area contributed by atoms with Crippen molar-refractivity contribution in [1.82, 2.24) is 9.13 Å². The summed E-state index contributed by atoms with van der Waals surface area (Å²) >= 11 is 1.89. The second kappa shape index (κ2) is 7.80. The van der Waals surface area contributed by atoms with Gasteiger partial charge in [-0.1, -0.05) is 66.7 Å². The molecule has 0 unspecified atom stereocenters. The van der Waals surface area contributed by atoms with Crippen LogP contribution in [0.15, 0.2) is 103 Å². The van der Waals surface area contributed by atoms with Gasteiger partial charge in [0.15, 0.2) is 6.20 Å². The van der Waals surface area contributed by atoms with Gasteiger partial charge in [0.2, 0.25) is 5.69 Å². The number of aromatic nitrogens is 3. The third kappa shape index (κ3) is 2.75. The summed E-state index contributed by atoms with van der Waals surface area (Å²) in [6.07, 6.45) is 2.21. The first kappa shape index (κ1) is 21.7. The van der Waals surface area contributed by atoms with Gasteiger partial charge in [-0.25, -0.2) is 0 Å². The second-order valence-corrected chi connectivity index (χ2v) is 11.2. The Morgan fingerprint density at radius 1 is 0.658 bits per heavy atom. The van der Waals surface area contributed by atoms with E-state index >= 15 is 0 Å². The predicted molar refractivity (Wildman–Crippen MR) is 161 cm³/mol. The van der Waals surface area contributed by atoms with E-state index in [0.717, 1.165) is 0 Å². The maximum absolute atomic E-state index is 2.44. The van der Waals surface area contributed by atoms with Crippen molar-refractivity contribution in [2.45, 2.75) is 6.92 Å². The summed E-state index contributed by atoms with van der Waals surface area (Å²) in [7, 11) is 4.39. The zero-order valence-corrected chi connectivity index (χ0v) is 22.4.